The first kappa shape index (κ1) is 23.4. The van der Waals surface area contributed by atoms with E-state index in [9.17, 15) is 14.7 Å². The number of anilines is 1. The monoisotopic (exact) mass is 480 g/mol. The lowest BCUT2D eigenvalue weighted by molar-refractivity contribution is 0.102. The summed E-state index contributed by atoms with van der Waals surface area (Å²) in [5.41, 5.74) is 6.05. The predicted octanol–water partition coefficient (Wildman–Crippen LogP) is 5.76. The van der Waals surface area contributed by atoms with Crippen molar-refractivity contribution in [1.29, 1.82) is 0 Å². The van der Waals surface area contributed by atoms with Crippen molar-refractivity contribution in [2.75, 3.05) is 5.32 Å². The number of rotatable bonds is 6. The highest BCUT2D eigenvalue weighted by Gasteiger charge is 2.30. The Morgan fingerprint density at radius 1 is 0.944 bits per heavy atom. The van der Waals surface area contributed by atoms with Gasteiger partial charge in [-0.05, 0) is 68.7 Å². The smallest absolute Gasteiger partial charge is 0.342 e. The molecule has 0 spiro atoms. The zero-order valence-electron chi connectivity index (χ0n) is 20.3. The third kappa shape index (κ3) is 5.15. The van der Waals surface area contributed by atoms with Crippen LogP contribution in [-0.2, 0) is 6.54 Å². The summed E-state index contributed by atoms with van der Waals surface area (Å²) in [6, 6.07) is 21.7. The van der Waals surface area contributed by atoms with Crippen molar-refractivity contribution < 1.29 is 14.7 Å². The highest BCUT2D eigenvalue weighted by molar-refractivity contribution is 6.04. The Kier molecular flexibility index (Phi) is 6.29. The summed E-state index contributed by atoms with van der Waals surface area (Å²) >= 11 is 0. The molecule has 4 aromatic rings. The van der Waals surface area contributed by atoms with Gasteiger partial charge in [-0.1, -0.05) is 47.5 Å². The fourth-order valence-electron chi connectivity index (χ4n) is 4.05. The lowest BCUT2D eigenvalue weighted by Gasteiger charge is -2.09. The first-order chi connectivity index (χ1) is 17.4. The highest BCUT2D eigenvalue weighted by atomic mass is 16.3. The maximum absolute atomic E-state index is 13.0. The van der Waals surface area contributed by atoms with Gasteiger partial charge in [-0.3, -0.25) is 4.79 Å². The fourth-order valence-corrected chi connectivity index (χ4v) is 4.05. The standard InChI is InChI=1S/C29H28N4O3/c1-18-3-7-20(8-4-18)17-30-29(36)33-26(21-11-12-21)16-25(32-33)24-15-23(13-14-27(24)34)31-28(35)22-9-5-19(2)6-10-22/h3-10,13-16,21,34H,11-12,17H2,1-2H3,(H,30,36)(H,31,35). The molecule has 0 radical (unpaired) electrons. The summed E-state index contributed by atoms with van der Waals surface area (Å²) in [5, 5.41) is 20.9. The van der Waals surface area contributed by atoms with E-state index in [1.165, 1.54) is 10.7 Å². The number of amides is 2. The van der Waals surface area contributed by atoms with E-state index in [4.69, 9.17) is 0 Å². The number of carbonyl (C=O) groups excluding carboxylic acids is 2. The molecule has 7 heteroatoms. The average molecular weight is 481 g/mol. The average Bonchev–Trinajstić information content (AvgIpc) is 3.63. The van der Waals surface area contributed by atoms with E-state index in [1.54, 1.807) is 24.3 Å². The molecule has 1 fully saturated rings. The number of hydrogen-bond acceptors (Lipinski definition) is 4. The van der Waals surface area contributed by atoms with Crippen LogP contribution in [0.25, 0.3) is 11.3 Å². The lowest BCUT2D eigenvalue weighted by Crippen LogP contribution is -2.30. The number of hydrogen-bond donors (Lipinski definition) is 3. The van der Waals surface area contributed by atoms with Crippen molar-refractivity contribution >= 4 is 17.6 Å². The molecule has 1 aromatic heterocycles. The Balaban J connectivity index is 1.37. The van der Waals surface area contributed by atoms with Crippen LogP contribution in [0.3, 0.4) is 0 Å². The maximum atomic E-state index is 13.0. The SMILES string of the molecule is Cc1ccc(CNC(=O)n2nc(-c3cc(NC(=O)c4ccc(C)cc4)ccc3O)cc2C2CC2)cc1. The van der Waals surface area contributed by atoms with E-state index in [0.717, 1.165) is 35.2 Å². The van der Waals surface area contributed by atoms with E-state index in [1.807, 2.05) is 56.3 Å². The van der Waals surface area contributed by atoms with Crippen LogP contribution in [-0.4, -0.2) is 26.8 Å². The van der Waals surface area contributed by atoms with Crippen molar-refractivity contribution in [3.63, 3.8) is 0 Å². The number of phenolic OH excluding ortho intramolecular Hbond substituents is 1. The molecule has 0 unspecified atom stereocenters. The molecule has 7 nitrogen and oxygen atoms in total. The zero-order valence-corrected chi connectivity index (χ0v) is 20.3. The van der Waals surface area contributed by atoms with Gasteiger partial charge in [0.15, 0.2) is 0 Å². The van der Waals surface area contributed by atoms with Gasteiger partial charge in [-0.2, -0.15) is 9.78 Å². The number of phenols is 1. The van der Waals surface area contributed by atoms with Crippen LogP contribution in [0, 0.1) is 13.8 Å². The van der Waals surface area contributed by atoms with Gasteiger partial charge in [0.1, 0.15) is 5.75 Å². The van der Waals surface area contributed by atoms with Crippen molar-refractivity contribution in [3.05, 3.63) is 101 Å². The molecule has 1 saturated carbocycles. The minimum Gasteiger partial charge on any atom is -0.507 e. The minimum absolute atomic E-state index is 0.0235. The summed E-state index contributed by atoms with van der Waals surface area (Å²) < 4.78 is 1.40. The third-order valence-corrected chi connectivity index (χ3v) is 6.33. The van der Waals surface area contributed by atoms with Crippen LogP contribution in [0.4, 0.5) is 10.5 Å². The molecule has 3 aromatic carbocycles. The molecule has 5 rings (SSSR count). The minimum atomic E-state index is -0.313. The third-order valence-electron chi connectivity index (χ3n) is 6.33. The Morgan fingerprint density at radius 3 is 2.28 bits per heavy atom. The second-order valence-corrected chi connectivity index (χ2v) is 9.34. The van der Waals surface area contributed by atoms with E-state index < -0.39 is 0 Å². The summed E-state index contributed by atoms with van der Waals surface area (Å²) in [6.07, 6.45) is 1.99. The number of aromatic hydroxyl groups is 1. The van der Waals surface area contributed by atoms with Gasteiger partial charge in [0.05, 0.1) is 11.4 Å². The molecule has 36 heavy (non-hydrogen) atoms. The largest absolute Gasteiger partial charge is 0.507 e. The van der Waals surface area contributed by atoms with Crippen LogP contribution < -0.4 is 10.6 Å². The highest BCUT2D eigenvalue weighted by Crippen LogP contribution is 2.42. The molecular weight excluding hydrogens is 452 g/mol. The second-order valence-electron chi connectivity index (χ2n) is 9.34. The number of nitrogens with one attached hydrogen (secondary N) is 2. The molecule has 1 heterocycles. The molecule has 1 aliphatic carbocycles. The van der Waals surface area contributed by atoms with Gasteiger partial charge < -0.3 is 15.7 Å². The zero-order chi connectivity index (χ0) is 25.2. The molecule has 0 aliphatic heterocycles. The summed E-state index contributed by atoms with van der Waals surface area (Å²) in [4.78, 5) is 25.7. The first-order valence-corrected chi connectivity index (χ1v) is 12.0. The second kappa shape index (κ2) is 9.70. The molecule has 0 atom stereocenters. The van der Waals surface area contributed by atoms with Crippen LogP contribution in [0.1, 0.15) is 51.5 Å². The fraction of sp³-hybridized carbons (Fsp3) is 0.207. The quantitative estimate of drug-likeness (QED) is 0.306. The van der Waals surface area contributed by atoms with Crippen LogP contribution in [0.15, 0.2) is 72.8 Å². The molecule has 1 aliphatic rings. The van der Waals surface area contributed by atoms with Crippen molar-refractivity contribution in [2.45, 2.75) is 39.2 Å². The van der Waals surface area contributed by atoms with Gasteiger partial charge in [0, 0.05) is 29.3 Å². The van der Waals surface area contributed by atoms with Gasteiger partial charge in [-0.25, -0.2) is 4.79 Å². The Labute approximate surface area is 209 Å². The maximum Gasteiger partial charge on any atom is 0.342 e. The predicted molar refractivity (Wildman–Crippen MR) is 139 cm³/mol. The number of aryl methyl sites for hydroxylation is 2. The lowest BCUT2D eigenvalue weighted by atomic mass is 10.1. The Morgan fingerprint density at radius 2 is 1.61 bits per heavy atom. The molecular formula is C29H28N4O3. The van der Waals surface area contributed by atoms with Crippen molar-refractivity contribution in [2.24, 2.45) is 0 Å². The molecule has 0 bridgehead atoms. The first-order valence-electron chi connectivity index (χ1n) is 12.0. The van der Waals surface area contributed by atoms with Gasteiger partial charge in [0.2, 0.25) is 0 Å². The van der Waals surface area contributed by atoms with Gasteiger partial charge in [-0.15, -0.1) is 0 Å². The van der Waals surface area contributed by atoms with Gasteiger partial charge >= 0.3 is 6.03 Å². The van der Waals surface area contributed by atoms with Crippen LogP contribution in [0.5, 0.6) is 5.75 Å². The summed E-state index contributed by atoms with van der Waals surface area (Å²) in [6.45, 7) is 4.38. The summed E-state index contributed by atoms with van der Waals surface area (Å²) in [7, 11) is 0. The number of carbonyl (C=O) groups is 2. The van der Waals surface area contributed by atoms with Crippen LogP contribution in [0.2, 0.25) is 0 Å². The number of nitrogens with zero attached hydrogens (tertiary/aromatic N) is 2. The van der Waals surface area contributed by atoms with Crippen LogP contribution >= 0.6 is 0 Å². The van der Waals surface area contributed by atoms with E-state index in [0.29, 0.717) is 29.1 Å². The molecule has 0 saturated heterocycles. The number of aromatic nitrogens is 2. The normalized spacial score (nSPS) is 12.8. The van der Waals surface area contributed by atoms with E-state index in [2.05, 4.69) is 15.7 Å². The molecule has 2 amide bonds. The van der Waals surface area contributed by atoms with E-state index >= 15 is 0 Å². The van der Waals surface area contributed by atoms with E-state index in [-0.39, 0.29) is 23.6 Å². The van der Waals surface area contributed by atoms with Crippen molar-refractivity contribution in [3.8, 4) is 17.0 Å². The number of benzene rings is 3. The molecule has 182 valence electrons. The van der Waals surface area contributed by atoms with Gasteiger partial charge in [0.25, 0.3) is 5.91 Å². The summed E-state index contributed by atoms with van der Waals surface area (Å²) in [5.74, 6) is 0.0460. The topological polar surface area (TPSA) is 96.3 Å². The Hall–Kier alpha value is -4.39. The Bertz CT molecular complexity index is 1420. The molecule has 3 N–H and O–H groups in total. The van der Waals surface area contributed by atoms with Crippen molar-refractivity contribution in [1.82, 2.24) is 15.1 Å².